The molecule has 2 aromatic heterocycles. The SMILES string of the molecule is Fc1ccc(-c2ncccc2CC(c2cccnc2)N2CCOCC2)cc1. The highest BCUT2D eigenvalue weighted by atomic mass is 19.1. The number of hydrogen-bond donors (Lipinski definition) is 0. The van der Waals surface area contributed by atoms with Crippen molar-refractivity contribution in [2.24, 2.45) is 0 Å². The number of aromatic nitrogens is 2. The van der Waals surface area contributed by atoms with Crippen LogP contribution in [0.2, 0.25) is 0 Å². The highest BCUT2D eigenvalue weighted by molar-refractivity contribution is 5.63. The Kier molecular flexibility index (Phi) is 5.51. The smallest absolute Gasteiger partial charge is 0.123 e. The lowest BCUT2D eigenvalue weighted by atomic mass is 9.95. The molecule has 0 amide bonds. The van der Waals surface area contributed by atoms with E-state index in [1.165, 1.54) is 17.7 Å². The third-order valence-electron chi connectivity index (χ3n) is 4.98. The molecule has 0 N–H and O–H groups in total. The predicted molar refractivity (Wildman–Crippen MR) is 103 cm³/mol. The van der Waals surface area contributed by atoms with Crippen molar-refractivity contribution >= 4 is 0 Å². The number of halogens is 1. The first kappa shape index (κ1) is 17.8. The molecule has 1 saturated heterocycles. The highest BCUT2D eigenvalue weighted by Gasteiger charge is 2.24. The van der Waals surface area contributed by atoms with Gasteiger partial charge in [-0.2, -0.15) is 0 Å². The summed E-state index contributed by atoms with van der Waals surface area (Å²) in [6.45, 7) is 3.28. The maximum absolute atomic E-state index is 13.3. The molecule has 1 aliphatic rings. The Morgan fingerprint density at radius 2 is 1.78 bits per heavy atom. The van der Waals surface area contributed by atoms with Crippen LogP contribution in [-0.4, -0.2) is 41.2 Å². The second-order valence-electron chi connectivity index (χ2n) is 6.67. The van der Waals surface area contributed by atoms with Crippen LogP contribution in [0.25, 0.3) is 11.3 Å². The molecule has 1 aromatic carbocycles. The fraction of sp³-hybridized carbons (Fsp3) is 0.273. The molecule has 0 bridgehead atoms. The lowest BCUT2D eigenvalue weighted by Crippen LogP contribution is -2.40. The van der Waals surface area contributed by atoms with Crippen molar-refractivity contribution in [2.45, 2.75) is 12.5 Å². The summed E-state index contributed by atoms with van der Waals surface area (Å²) in [4.78, 5) is 11.4. The fourth-order valence-electron chi connectivity index (χ4n) is 3.60. The first-order valence-corrected chi connectivity index (χ1v) is 9.23. The van der Waals surface area contributed by atoms with E-state index in [1.807, 2.05) is 18.3 Å². The number of morpholine rings is 1. The maximum atomic E-state index is 13.3. The summed E-state index contributed by atoms with van der Waals surface area (Å²) in [5.74, 6) is -0.238. The van der Waals surface area contributed by atoms with Gasteiger partial charge in [-0.1, -0.05) is 12.1 Å². The van der Waals surface area contributed by atoms with Crippen LogP contribution in [0.4, 0.5) is 4.39 Å². The van der Waals surface area contributed by atoms with E-state index in [2.05, 4.69) is 27.0 Å². The van der Waals surface area contributed by atoms with Crippen LogP contribution in [0.1, 0.15) is 17.2 Å². The zero-order valence-corrected chi connectivity index (χ0v) is 15.1. The third-order valence-corrected chi connectivity index (χ3v) is 4.98. The van der Waals surface area contributed by atoms with E-state index < -0.39 is 0 Å². The quantitative estimate of drug-likeness (QED) is 0.689. The van der Waals surface area contributed by atoms with Gasteiger partial charge >= 0.3 is 0 Å². The van der Waals surface area contributed by atoms with Crippen LogP contribution in [0.5, 0.6) is 0 Å². The van der Waals surface area contributed by atoms with E-state index in [4.69, 9.17) is 4.74 Å². The normalized spacial score (nSPS) is 16.2. The Hall–Kier alpha value is -2.63. The molecule has 27 heavy (non-hydrogen) atoms. The Bertz CT molecular complexity index is 864. The van der Waals surface area contributed by atoms with Crippen molar-refractivity contribution in [1.29, 1.82) is 0 Å². The second kappa shape index (κ2) is 8.37. The maximum Gasteiger partial charge on any atom is 0.123 e. The van der Waals surface area contributed by atoms with Crippen molar-refractivity contribution < 1.29 is 9.13 Å². The minimum Gasteiger partial charge on any atom is -0.379 e. The number of nitrogens with zero attached hydrogens (tertiary/aromatic N) is 3. The largest absolute Gasteiger partial charge is 0.379 e. The van der Waals surface area contributed by atoms with Gasteiger partial charge in [-0.25, -0.2) is 4.39 Å². The molecule has 1 fully saturated rings. The monoisotopic (exact) mass is 363 g/mol. The van der Waals surface area contributed by atoms with E-state index in [1.54, 1.807) is 24.5 Å². The zero-order valence-electron chi connectivity index (χ0n) is 15.1. The van der Waals surface area contributed by atoms with Gasteiger partial charge in [-0.3, -0.25) is 14.9 Å². The molecule has 3 aromatic rings. The second-order valence-corrected chi connectivity index (χ2v) is 6.67. The minimum atomic E-state index is -0.238. The number of benzene rings is 1. The summed E-state index contributed by atoms with van der Waals surface area (Å²) in [6, 6.07) is 14.9. The molecule has 4 nitrogen and oxygen atoms in total. The van der Waals surface area contributed by atoms with Gasteiger partial charge in [0.1, 0.15) is 5.82 Å². The number of pyridine rings is 2. The molecule has 0 radical (unpaired) electrons. The summed E-state index contributed by atoms with van der Waals surface area (Å²) in [6.07, 6.45) is 6.34. The fourth-order valence-corrected chi connectivity index (χ4v) is 3.60. The topological polar surface area (TPSA) is 38.2 Å². The Labute approximate surface area is 158 Å². The van der Waals surface area contributed by atoms with Gasteiger partial charge in [0.15, 0.2) is 0 Å². The van der Waals surface area contributed by atoms with Crippen LogP contribution in [-0.2, 0) is 11.2 Å². The molecule has 3 heterocycles. The molecule has 0 saturated carbocycles. The van der Waals surface area contributed by atoms with Crippen molar-refractivity contribution in [3.8, 4) is 11.3 Å². The van der Waals surface area contributed by atoms with Gasteiger partial charge in [-0.05, 0) is 53.9 Å². The predicted octanol–water partition coefficient (Wildman–Crippen LogP) is 3.90. The summed E-state index contributed by atoms with van der Waals surface area (Å²) >= 11 is 0. The highest BCUT2D eigenvalue weighted by Crippen LogP contribution is 2.30. The van der Waals surface area contributed by atoms with E-state index in [0.29, 0.717) is 0 Å². The molecular formula is C22H22FN3O. The molecule has 1 atom stereocenters. The molecule has 4 rings (SSSR count). The van der Waals surface area contributed by atoms with Gasteiger partial charge < -0.3 is 4.74 Å². The van der Waals surface area contributed by atoms with E-state index in [-0.39, 0.29) is 11.9 Å². The van der Waals surface area contributed by atoms with Crippen LogP contribution in [0.3, 0.4) is 0 Å². The van der Waals surface area contributed by atoms with Crippen LogP contribution < -0.4 is 0 Å². The average molecular weight is 363 g/mol. The minimum absolute atomic E-state index is 0.200. The lowest BCUT2D eigenvalue weighted by molar-refractivity contribution is 0.0160. The van der Waals surface area contributed by atoms with E-state index >= 15 is 0 Å². The van der Waals surface area contributed by atoms with Crippen molar-refractivity contribution in [2.75, 3.05) is 26.3 Å². The van der Waals surface area contributed by atoms with Gasteiger partial charge in [-0.15, -0.1) is 0 Å². The van der Waals surface area contributed by atoms with Crippen molar-refractivity contribution in [3.05, 3.63) is 84.1 Å². The van der Waals surface area contributed by atoms with Crippen LogP contribution in [0, 0.1) is 5.82 Å². The Morgan fingerprint density at radius 3 is 2.52 bits per heavy atom. The first-order chi connectivity index (χ1) is 13.3. The van der Waals surface area contributed by atoms with Gasteiger partial charge in [0.05, 0.1) is 18.9 Å². The molecule has 1 unspecified atom stereocenters. The summed E-state index contributed by atoms with van der Waals surface area (Å²) in [7, 11) is 0. The van der Waals surface area contributed by atoms with Gasteiger partial charge in [0.2, 0.25) is 0 Å². The molecule has 1 aliphatic heterocycles. The van der Waals surface area contributed by atoms with Crippen molar-refractivity contribution in [1.82, 2.24) is 14.9 Å². The number of rotatable bonds is 5. The van der Waals surface area contributed by atoms with Crippen LogP contribution >= 0.6 is 0 Å². The van der Waals surface area contributed by atoms with Gasteiger partial charge in [0, 0.05) is 43.3 Å². The van der Waals surface area contributed by atoms with E-state index in [0.717, 1.165) is 49.5 Å². The molecule has 5 heteroatoms. The zero-order chi connectivity index (χ0) is 18.5. The molecule has 138 valence electrons. The summed E-state index contributed by atoms with van der Waals surface area (Å²) in [5, 5.41) is 0. The lowest BCUT2D eigenvalue weighted by Gasteiger charge is -2.35. The standard InChI is InChI=1S/C22H22FN3O/c23-20-7-5-17(6-8-20)22-18(3-2-10-25-22)15-21(19-4-1-9-24-16-19)26-11-13-27-14-12-26/h1-10,16,21H,11-15H2. The summed E-state index contributed by atoms with van der Waals surface area (Å²) in [5.41, 5.74) is 4.16. The Morgan fingerprint density at radius 1 is 1.00 bits per heavy atom. The number of hydrogen-bond acceptors (Lipinski definition) is 4. The first-order valence-electron chi connectivity index (χ1n) is 9.23. The molecule has 0 aliphatic carbocycles. The van der Waals surface area contributed by atoms with Crippen LogP contribution in [0.15, 0.2) is 67.1 Å². The van der Waals surface area contributed by atoms with E-state index in [9.17, 15) is 4.39 Å². The summed E-state index contributed by atoms with van der Waals surface area (Å²) < 4.78 is 18.9. The average Bonchev–Trinajstić information content (AvgIpc) is 2.74. The molecular weight excluding hydrogens is 341 g/mol. The van der Waals surface area contributed by atoms with Crippen molar-refractivity contribution in [3.63, 3.8) is 0 Å². The number of ether oxygens (including phenoxy) is 1. The third kappa shape index (κ3) is 4.21. The van der Waals surface area contributed by atoms with Gasteiger partial charge in [0.25, 0.3) is 0 Å². The molecule has 0 spiro atoms. The Balaban J connectivity index is 1.68.